The van der Waals surface area contributed by atoms with Gasteiger partial charge in [-0.2, -0.15) is 5.21 Å². The highest BCUT2D eigenvalue weighted by molar-refractivity contribution is 5.98. The van der Waals surface area contributed by atoms with Crippen LogP contribution >= 0.6 is 0 Å². The Bertz CT molecular complexity index is 2040. The number of nitrogens with one attached hydrogen (secondary N) is 6. The number of aromatic nitrogens is 5. The highest BCUT2D eigenvalue weighted by atomic mass is 16.6. The van der Waals surface area contributed by atoms with Crippen molar-refractivity contribution < 1.29 is 28.7 Å². The van der Waals surface area contributed by atoms with Crippen LogP contribution in [0.25, 0.3) is 22.5 Å². The van der Waals surface area contributed by atoms with E-state index in [1.807, 2.05) is 58.0 Å². The summed E-state index contributed by atoms with van der Waals surface area (Å²) in [6, 6.07) is 16.7. The summed E-state index contributed by atoms with van der Waals surface area (Å²) >= 11 is 0. The molecule has 16 heteroatoms. The van der Waals surface area contributed by atoms with Gasteiger partial charge >= 0.3 is 6.09 Å². The van der Waals surface area contributed by atoms with E-state index in [2.05, 4.69) is 52.2 Å². The normalized spacial score (nSPS) is 18.7. The average Bonchev–Trinajstić information content (AvgIpc) is 3.73. The summed E-state index contributed by atoms with van der Waals surface area (Å²) < 4.78 is 5.35. The van der Waals surface area contributed by atoms with E-state index in [4.69, 9.17) is 4.74 Å². The second-order valence-corrected chi connectivity index (χ2v) is 15.7. The molecule has 0 unspecified atom stereocenters. The van der Waals surface area contributed by atoms with E-state index >= 15 is 0 Å². The Labute approximate surface area is 331 Å². The number of hydrogen-bond donors (Lipinski definition) is 6. The van der Waals surface area contributed by atoms with Crippen molar-refractivity contribution in [2.45, 2.75) is 90.3 Å². The number of rotatable bonds is 12. The molecule has 0 spiro atoms. The third-order valence-corrected chi connectivity index (χ3v) is 10.2. The molecule has 2 aromatic carbocycles. The van der Waals surface area contributed by atoms with E-state index in [-0.39, 0.29) is 41.7 Å². The molecule has 3 heterocycles. The second kappa shape index (κ2) is 18.2. The molecule has 2 fully saturated rings. The molecule has 16 nitrogen and oxygen atoms in total. The first-order valence-electron chi connectivity index (χ1n) is 19.4. The van der Waals surface area contributed by atoms with Crippen molar-refractivity contribution >= 4 is 35.4 Å². The second-order valence-electron chi connectivity index (χ2n) is 15.7. The molecule has 0 radical (unpaired) electrons. The summed E-state index contributed by atoms with van der Waals surface area (Å²) in [5, 5.41) is 28.4. The first-order chi connectivity index (χ1) is 27.3. The number of pyridine rings is 1. The van der Waals surface area contributed by atoms with Crippen LogP contribution in [0.4, 0.5) is 10.5 Å². The lowest BCUT2D eigenvalue weighted by Crippen LogP contribution is -2.50. The van der Waals surface area contributed by atoms with Crippen LogP contribution < -0.4 is 26.6 Å². The SMILES string of the molecule is Cc1nc(C(=O)N[C@H]2CCCNC2=O)ccc1-c1ccc(C[C@H](NC(=O)C2CCC(CNC(=O)OC(C)(C)C)CC2)C(=O)Nc2ccc(-c3nn[nH]n3)cc2)cc1. The van der Waals surface area contributed by atoms with Crippen molar-refractivity contribution in [1.82, 2.24) is 46.9 Å². The molecule has 0 bridgehead atoms. The molecule has 2 aliphatic rings. The number of anilines is 1. The smallest absolute Gasteiger partial charge is 0.407 e. The number of hydrogen-bond acceptors (Lipinski definition) is 10. The van der Waals surface area contributed by atoms with Crippen LogP contribution in [0, 0.1) is 18.8 Å². The largest absolute Gasteiger partial charge is 0.444 e. The number of aryl methyl sites for hydroxylation is 1. The number of tetrazole rings is 1. The quantitative estimate of drug-likeness (QED) is 0.120. The summed E-state index contributed by atoms with van der Waals surface area (Å²) in [4.78, 5) is 69.2. The number of benzene rings is 2. The molecule has 2 atom stereocenters. The molecule has 300 valence electrons. The molecule has 1 aliphatic carbocycles. The lowest BCUT2D eigenvalue weighted by molar-refractivity contribution is -0.130. The van der Waals surface area contributed by atoms with Gasteiger partial charge < -0.3 is 31.3 Å². The first kappa shape index (κ1) is 40.5. The fraction of sp³-hybridized carbons (Fsp3) is 0.439. The van der Waals surface area contributed by atoms with Crippen LogP contribution in [0.15, 0.2) is 60.7 Å². The van der Waals surface area contributed by atoms with Crippen molar-refractivity contribution in [3.05, 3.63) is 77.6 Å². The minimum Gasteiger partial charge on any atom is -0.444 e. The van der Waals surface area contributed by atoms with Gasteiger partial charge in [0.25, 0.3) is 5.91 Å². The van der Waals surface area contributed by atoms with Gasteiger partial charge in [-0.3, -0.25) is 19.2 Å². The van der Waals surface area contributed by atoms with Crippen LogP contribution in [-0.4, -0.2) is 86.1 Å². The average molecular weight is 779 g/mol. The molecule has 57 heavy (non-hydrogen) atoms. The third kappa shape index (κ3) is 11.2. The molecule has 5 amide bonds. The highest BCUT2D eigenvalue weighted by Crippen LogP contribution is 2.29. The monoisotopic (exact) mass is 778 g/mol. The summed E-state index contributed by atoms with van der Waals surface area (Å²) in [5.74, 6) is -0.760. The van der Waals surface area contributed by atoms with Crippen LogP contribution in [0.5, 0.6) is 0 Å². The lowest BCUT2D eigenvalue weighted by atomic mass is 9.81. The van der Waals surface area contributed by atoms with Gasteiger partial charge in [-0.15, -0.1) is 10.2 Å². The number of carbonyl (C=O) groups excluding carboxylic acids is 5. The van der Waals surface area contributed by atoms with Gasteiger partial charge in [0.05, 0.1) is 0 Å². The van der Waals surface area contributed by atoms with Crippen LogP contribution in [0.1, 0.15) is 81.0 Å². The third-order valence-electron chi connectivity index (χ3n) is 10.2. The van der Waals surface area contributed by atoms with Crippen molar-refractivity contribution in [2.24, 2.45) is 11.8 Å². The number of piperidine rings is 1. The summed E-state index contributed by atoms with van der Waals surface area (Å²) in [6.45, 7) is 8.36. The maximum absolute atomic E-state index is 13.8. The van der Waals surface area contributed by atoms with Crippen molar-refractivity contribution in [3.8, 4) is 22.5 Å². The number of alkyl carbamates (subject to hydrolysis) is 1. The zero-order chi connectivity index (χ0) is 40.5. The summed E-state index contributed by atoms with van der Waals surface area (Å²) in [7, 11) is 0. The van der Waals surface area contributed by atoms with E-state index in [1.54, 1.807) is 30.3 Å². The number of carbonyl (C=O) groups is 5. The van der Waals surface area contributed by atoms with Crippen molar-refractivity contribution in [2.75, 3.05) is 18.4 Å². The Kier molecular flexibility index (Phi) is 12.9. The molecule has 1 saturated heterocycles. The van der Waals surface area contributed by atoms with Gasteiger partial charge in [0.2, 0.25) is 23.5 Å². The van der Waals surface area contributed by atoms with Crippen molar-refractivity contribution in [3.63, 3.8) is 0 Å². The minimum atomic E-state index is -0.876. The van der Waals surface area contributed by atoms with E-state index in [0.29, 0.717) is 49.6 Å². The van der Waals surface area contributed by atoms with E-state index < -0.39 is 29.7 Å². The predicted molar refractivity (Wildman–Crippen MR) is 211 cm³/mol. The van der Waals surface area contributed by atoms with Crippen LogP contribution in [-0.2, 0) is 25.5 Å². The van der Waals surface area contributed by atoms with Gasteiger partial charge in [-0.25, -0.2) is 9.78 Å². The maximum atomic E-state index is 13.8. The Balaban J connectivity index is 1.10. The number of ether oxygens (including phenoxy) is 1. The summed E-state index contributed by atoms with van der Waals surface area (Å²) in [6.07, 6.45) is 3.96. The number of H-pyrrole nitrogens is 1. The zero-order valence-electron chi connectivity index (χ0n) is 32.7. The Hall–Kier alpha value is -6.19. The summed E-state index contributed by atoms with van der Waals surface area (Å²) in [5.41, 5.74) is 4.09. The Morgan fingerprint density at radius 1 is 0.912 bits per heavy atom. The zero-order valence-corrected chi connectivity index (χ0v) is 32.7. The fourth-order valence-electron chi connectivity index (χ4n) is 7.08. The van der Waals surface area contributed by atoms with E-state index in [9.17, 15) is 24.0 Å². The fourth-order valence-corrected chi connectivity index (χ4v) is 7.08. The lowest BCUT2D eigenvalue weighted by Gasteiger charge is -2.29. The maximum Gasteiger partial charge on any atom is 0.407 e. The highest BCUT2D eigenvalue weighted by Gasteiger charge is 2.31. The molecule has 6 N–H and O–H groups in total. The molecule has 1 aliphatic heterocycles. The van der Waals surface area contributed by atoms with E-state index in [1.165, 1.54) is 0 Å². The molecular formula is C41H50N10O6. The van der Waals surface area contributed by atoms with Crippen LogP contribution in [0.2, 0.25) is 0 Å². The van der Waals surface area contributed by atoms with E-state index in [0.717, 1.165) is 41.5 Å². The molecule has 1 saturated carbocycles. The topological polar surface area (TPSA) is 222 Å². The molecular weight excluding hydrogens is 729 g/mol. The van der Waals surface area contributed by atoms with Crippen molar-refractivity contribution in [1.29, 1.82) is 0 Å². The van der Waals surface area contributed by atoms with Gasteiger partial charge in [-0.05, 0) is 119 Å². The minimum absolute atomic E-state index is 0.187. The molecule has 4 aromatic rings. The number of aromatic amines is 1. The Morgan fingerprint density at radius 3 is 2.28 bits per heavy atom. The Morgan fingerprint density at radius 2 is 1.63 bits per heavy atom. The van der Waals surface area contributed by atoms with Crippen LogP contribution in [0.3, 0.4) is 0 Å². The van der Waals surface area contributed by atoms with Gasteiger partial charge in [0, 0.05) is 47.9 Å². The number of amides is 5. The van der Waals surface area contributed by atoms with Gasteiger partial charge in [-0.1, -0.05) is 30.3 Å². The first-order valence-corrected chi connectivity index (χ1v) is 19.4. The molecule has 2 aromatic heterocycles. The number of nitrogens with zero attached hydrogens (tertiary/aromatic N) is 4. The predicted octanol–water partition coefficient (Wildman–Crippen LogP) is 4.24. The van der Waals surface area contributed by atoms with Gasteiger partial charge in [0.1, 0.15) is 23.4 Å². The van der Waals surface area contributed by atoms with Gasteiger partial charge in [0.15, 0.2) is 0 Å². The molecule has 6 rings (SSSR count). The standard InChI is InChI=1S/C41H50N10O6/c1-24-31(19-20-33(44-24)38(54)46-32-6-5-21-42-37(32)53)27-11-7-25(8-12-27)22-34(39(55)45-30-17-15-28(16-18-30)35-48-50-51-49-35)47-36(52)29-13-9-26(10-14-29)23-43-40(56)57-41(2,3)4/h7-8,11-12,15-20,26,29,32,34H,5-6,9-10,13-14,21-23H2,1-4H3,(H,42,53)(H,43,56)(H,45,55)(H,46,54)(H,47,52)(H,48,49,50,51)/t26?,29?,32-,34-/m0/s1.